The average molecular weight is 248 g/mol. The summed E-state index contributed by atoms with van der Waals surface area (Å²) in [4.78, 5) is 10.6. The fraction of sp³-hybridized carbons (Fsp3) is 0.533. The SMILES string of the molecule is O=C(O)Cc1ccc(OC2CCCCCC2)cc1. The highest BCUT2D eigenvalue weighted by Crippen LogP contribution is 2.23. The molecule has 0 aromatic heterocycles. The smallest absolute Gasteiger partial charge is 0.307 e. The third kappa shape index (κ3) is 4.06. The van der Waals surface area contributed by atoms with Gasteiger partial charge in [0.05, 0.1) is 12.5 Å². The third-order valence-electron chi connectivity index (χ3n) is 3.38. The number of rotatable bonds is 4. The van der Waals surface area contributed by atoms with Gasteiger partial charge in [0.15, 0.2) is 0 Å². The summed E-state index contributed by atoms with van der Waals surface area (Å²) in [5.74, 6) is 0.0588. The van der Waals surface area contributed by atoms with E-state index < -0.39 is 5.97 Å². The number of benzene rings is 1. The minimum absolute atomic E-state index is 0.0731. The molecule has 0 amide bonds. The molecule has 98 valence electrons. The molecule has 3 heteroatoms. The highest BCUT2D eigenvalue weighted by Gasteiger charge is 2.13. The summed E-state index contributed by atoms with van der Waals surface area (Å²) in [6.45, 7) is 0. The number of carboxylic acids is 1. The summed E-state index contributed by atoms with van der Waals surface area (Å²) in [5, 5.41) is 8.70. The van der Waals surface area contributed by atoms with Gasteiger partial charge in [-0.15, -0.1) is 0 Å². The molecule has 2 rings (SSSR count). The molecule has 1 aliphatic rings. The fourth-order valence-electron chi connectivity index (χ4n) is 2.41. The van der Waals surface area contributed by atoms with Crippen molar-refractivity contribution in [3.8, 4) is 5.75 Å². The summed E-state index contributed by atoms with van der Waals surface area (Å²) >= 11 is 0. The van der Waals surface area contributed by atoms with Crippen molar-refractivity contribution in [2.45, 2.75) is 51.0 Å². The zero-order chi connectivity index (χ0) is 12.8. The van der Waals surface area contributed by atoms with Crippen LogP contribution in [0.5, 0.6) is 5.75 Å². The van der Waals surface area contributed by atoms with E-state index in [4.69, 9.17) is 9.84 Å². The maximum atomic E-state index is 10.6. The number of carboxylic acid groups (broad SMARTS) is 1. The number of ether oxygens (including phenoxy) is 1. The summed E-state index contributed by atoms with van der Waals surface area (Å²) in [6.07, 6.45) is 7.81. The maximum Gasteiger partial charge on any atom is 0.307 e. The Morgan fingerprint density at radius 2 is 1.72 bits per heavy atom. The molecule has 1 aliphatic carbocycles. The molecule has 0 aliphatic heterocycles. The molecule has 1 aromatic carbocycles. The average Bonchev–Trinajstić information content (AvgIpc) is 2.60. The first-order valence-electron chi connectivity index (χ1n) is 6.71. The summed E-state index contributed by atoms with van der Waals surface area (Å²) < 4.78 is 5.95. The standard InChI is InChI=1S/C15H20O3/c16-15(17)11-12-7-9-14(10-8-12)18-13-5-3-1-2-4-6-13/h7-10,13H,1-6,11H2,(H,16,17). The lowest BCUT2D eigenvalue weighted by atomic mass is 10.1. The molecule has 0 saturated heterocycles. The number of hydrogen-bond acceptors (Lipinski definition) is 2. The fourth-order valence-corrected chi connectivity index (χ4v) is 2.41. The Kier molecular flexibility index (Phi) is 4.62. The quantitative estimate of drug-likeness (QED) is 0.830. The first-order chi connectivity index (χ1) is 8.74. The van der Waals surface area contributed by atoms with Gasteiger partial charge in [-0.2, -0.15) is 0 Å². The zero-order valence-corrected chi connectivity index (χ0v) is 10.6. The van der Waals surface area contributed by atoms with E-state index in [2.05, 4.69) is 0 Å². The van der Waals surface area contributed by atoms with Crippen molar-refractivity contribution in [1.82, 2.24) is 0 Å². The molecule has 0 heterocycles. The van der Waals surface area contributed by atoms with Crippen LogP contribution < -0.4 is 4.74 Å². The van der Waals surface area contributed by atoms with Crippen LogP contribution in [0, 0.1) is 0 Å². The Hall–Kier alpha value is -1.51. The van der Waals surface area contributed by atoms with Crippen LogP contribution in [-0.4, -0.2) is 17.2 Å². The monoisotopic (exact) mass is 248 g/mol. The van der Waals surface area contributed by atoms with Crippen molar-refractivity contribution >= 4 is 5.97 Å². The Balaban J connectivity index is 1.90. The van der Waals surface area contributed by atoms with Crippen molar-refractivity contribution in [3.05, 3.63) is 29.8 Å². The van der Waals surface area contributed by atoms with Gasteiger partial charge in [-0.1, -0.05) is 25.0 Å². The van der Waals surface area contributed by atoms with Gasteiger partial charge in [0.2, 0.25) is 0 Å². The van der Waals surface area contributed by atoms with E-state index in [1.165, 1.54) is 25.7 Å². The van der Waals surface area contributed by atoms with Gasteiger partial charge < -0.3 is 9.84 Å². The predicted octanol–water partition coefficient (Wildman–Crippen LogP) is 3.42. The highest BCUT2D eigenvalue weighted by molar-refractivity contribution is 5.70. The Labute approximate surface area is 108 Å². The Bertz CT molecular complexity index is 375. The molecule has 1 saturated carbocycles. The summed E-state index contributed by atoms with van der Waals surface area (Å²) in [7, 11) is 0. The van der Waals surface area contributed by atoms with Crippen molar-refractivity contribution in [1.29, 1.82) is 0 Å². The van der Waals surface area contributed by atoms with Gasteiger partial charge in [0, 0.05) is 0 Å². The van der Waals surface area contributed by atoms with E-state index in [9.17, 15) is 4.79 Å². The molecule has 0 spiro atoms. The van der Waals surface area contributed by atoms with Crippen LogP contribution in [0.4, 0.5) is 0 Å². The third-order valence-corrected chi connectivity index (χ3v) is 3.38. The second-order valence-electron chi connectivity index (χ2n) is 4.95. The first-order valence-corrected chi connectivity index (χ1v) is 6.71. The van der Waals surface area contributed by atoms with E-state index in [0.717, 1.165) is 24.2 Å². The lowest BCUT2D eigenvalue weighted by molar-refractivity contribution is -0.136. The van der Waals surface area contributed by atoms with E-state index >= 15 is 0 Å². The van der Waals surface area contributed by atoms with Crippen molar-refractivity contribution in [2.75, 3.05) is 0 Å². The van der Waals surface area contributed by atoms with Crippen LogP contribution in [0.2, 0.25) is 0 Å². The molecule has 0 atom stereocenters. The molecule has 1 aromatic rings. The number of hydrogen-bond donors (Lipinski definition) is 1. The van der Waals surface area contributed by atoms with Crippen LogP contribution in [0.3, 0.4) is 0 Å². The maximum absolute atomic E-state index is 10.6. The largest absolute Gasteiger partial charge is 0.490 e. The highest BCUT2D eigenvalue weighted by atomic mass is 16.5. The minimum Gasteiger partial charge on any atom is -0.490 e. The Morgan fingerprint density at radius 1 is 1.11 bits per heavy atom. The number of aliphatic carboxylic acids is 1. The Morgan fingerprint density at radius 3 is 2.28 bits per heavy atom. The molecule has 0 bridgehead atoms. The lowest BCUT2D eigenvalue weighted by Gasteiger charge is -2.17. The van der Waals surface area contributed by atoms with Crippen LogP contribution >= 0.6 is 0 Å². The van der Waals surface area contributed by atoms with Gasteiger partial charge in [-0.25, -0.2) is 0 Å². The van der Waals surface area contributed by atoms with Gasteiger partial charge in [0.25, 0.3) is 0 Å². The van der Waals surface area contributed by atoms with Crippen LogP contribution in [0.15, 0.2) is 24.3 Å². The van der Waals surface area contributed by atoms with Crippen LogP contribution in [-0.2, 0) is 11.2 Å². The molecule has 3 nitrogen and oxygen atoms in total. The first kappa shape index (κ1) is 12.9. The van der Waals surface area contributed by atoms with Crippen molar-refractivity contribution in [2.24, 2.45) is 0 Å². The lowest BCUT2D eigenvalue weighted by Crippen LogP contribution is -2.15. The topological polar surface area (TPSA) is 46.5 Å². The molecule has 0 radical (unpaired) electrons. The second kappa shape index (κ2) is 6.43. The normalized spacial score (nSPS) is 17.1. The second-order valence-corrected chi connectivity index (χ2v) is 4.95. The van der Waals surface area contributed by atoms with Gasteiger partial charge in [-0.05, 0) is 43.4 Å². The van der Waals surface area contributed by atoms with E-state index in [-0.39, 0.29) is 6.42 Å². The van der Waals surface area contributed by atoms with Gasteiger partial charge in [0.1, 0.15) is 5.75 Å². The molecule has 0 unspecified atom stereocenters. The molecule has 1 fully saturated rings. The van der Waals surface area contributed by atoms with Crippen LogP contribution in [0.25, 0.3) is 0 Å². The van der Waals surface area contributed by atoms with Gasteiger partial charge >= 0.3 is 5.97 Å². The molecular weight excluding hydrogens is 228 g/mol. The molecular formula is C15H20O3. The van der Waals surface area contributed by atoms with E-state index in [1.54, 1.807) is 0 Å². The van der Waals surface area contributed by atoms with Gasteiger partial charge in [-0.3, -0.25) is 4.79 Å². The minimum atomic E-state index is -0.799. The summed E-state index contributed by atoms with van der Waals surface area (Å²) in [5.41, 5.74) is 0.815. The van der Waals surface area contributed by atoms with Crippen LogP contribution in [0.1, 0.15) is 44.1 Å². The van der Waals surface area contributed by atoms with Crippen molar-refractivity contribution < 1.29 is 14.6 Å². The van der Waals surface area contributed by atoms with Crippen molar-refractivity contribution in [3.63, 3.8) is 0 Å². The zero-order valence-electron chi connectivity index (χ0n) is 10.6. The van der Waals surface area contributed by atoms with E-state index in [0.29, 0.717) is 6.10 Å². The molecule has 1 N–H and O–H groups in total. The number of carbonyl (C=O) groups is 1. The summed E-state index contributed by atoms with van der Waals surface area (Å²) in [6, 6.07) is 7.42. The predicted molar refractivity (Wildman–Crippen MR) is 69.9 cm³/mol. The van der Waals surface area contributed by atoms with E-state index in [1.807, 2.05) is 24.3 Å². The molecule has 18 heavy (non-hydrogen) atoms.